The van der Waals surface area contributed by atoms with Gasteiger partial charge in [0, 0.05) is 22.8 Å². The van der Waals surface area contributed by atoms with Crippen molar-refractivity contribution in [2.24, 2.45) is 0 Å². The molecule has 0 aliphatic carbocycles. The largest absolute Gasteiger partial charge is 0.472 e. The number of aromatic nitrogens is 1. The molecule has 5 aromatic rings. The maximum Gasteiger partial charge on any atom is 0.214 e. The Morgan fingerprint density at radius 1 is 0.636 bits per heavy atom. The molecule has 0 aliphatic heterocycles. The van der Waals surface area contributed by atoms with Gasteiger partial charge in [-0.3, -0.25) is 0 Å². The molecule has 2 heteroatoms. The molecule has 0 spiro atoms. The smallest absolute Gasteiger partial charge is 0.214 e. The Morgan fingerprint density at radius 2 is 1.30 bits per heavy atom. The van der Waals surface area contributed by atoms with Crippen LogP contribution >= 0.6 is 0 Å². The van der Waals surface area contributed by atoms with E-state index >= 15 is 0 Å². The lowest BCUT2D eigenvalue weighted by atomic mass is 9.97. The first kappa shape index (κ1) is 20.8. The van der Waals surface area contributed by atoms with E-state index in [2.05, 4.69) is 72.5 Å². The monoisotopic (exact) mass is 427 g/mol. The molecule has 0 atom stereocenters. The van der Waals surface area contributed by atoms with Crippen molar-refractivity contribution in [2.75, 3.05) is 0 Å². The lowest BCUT2D eigenvalue weighted by Gasteiger charge is -2.20. The van der Waals surface area contributed by atoms with E-state index in [4.69, 9.17) is 9.72 Å². The highest BCUT2D eigenvalue weighted by atomic mass is 16.5. The van der Waals surface area contributed by atoms with Gasteiger partial charge in [0.25, 0.3) is 0 Å². The van der Waals surface area contributed by atoms with Crippen LogP contribution in [0.15, 0.2) is 97.1 Å². The number of pyridine rings is 1. The fourth-order valence-corrected chi connectivity index (χ4v) is 4.04. The zero-order chi connectivity index (χ0) is 22.8. The molecule has 33 heavy (non-hydrogen) atoms. The summed E-state index contributed by atoms with van der Waals surface area (Å²) in [5, 5.41) is 4.84. The molecule has 0 saturated carbocycles. The highest BCUT2D eigenvalue weighted by Gasteiger charge is 2.14. The van der Waals surface area contributed by atoms with Crippen molar-refractivity contribution >= 4 is 21.5 Å². The molecule has 2 nitrogen and oxygen atoms in total. The van der Waals surface area contributed by atoms with Gasteiger partial charge in [0.2, 0.25) is 5.88 Å². The van der Waals surface area contributed by atoms with Crippen molar-refractivity contribution in [1.82, 2.24) is 4.98 Å². The number of benzene rings is 4. The Labute approximate surface area is 194 Å². The van der Waals surface area contributed by atoms with E-state index in [0.29, 0.717) is 5.88 Å². The molecule has 0 fully saturated rings. The van der Waals surface area contributed by atoms with Crippen LogP contribution < -0.4 is 4.74 Å². The van der Waals surface area contributed by atoms with E-state index in [1.54, 1.807) is 0 Å². The third-order valence-electron chi connectivity index (χ3n) is 5.44. The third-order valence-corrected chi connectivity index (χ3v) is 5.44. The molecular weight excluding hydrogens is 402 g/mol. The Morgan fingerprint density at radius 3 is 2.12 bits per heavy atom. The van der Waals surface area contributed by atoms with Crippen LogP contribution in [0.1, 0.15) is 31.9 Å². The topological polar surface area (TPSA) is 22.1 Å². The predicted octanol–water partition coefficient (Wildman–Crippen LogP) is 7.63. The van der Waals surface area contributed by atoms with Crippen molar-refractivity contribution in [1.29, 1.82) is 0 Å². The molecule has 160 valence electrons. The lowest BCUT2D eigenvalue weighted by Crippen LogP contribution is -2.23. The molecule has 0 aliphatic rings. The van der Waals surface area contributed by atoms with Crippen LogP contribution in [0.5, 0.6) is 5.88 Å². The molecule has 4 aromatic carbocycles. The Kier molecular flexibility index (Phi) is 5.32. The van der Waals surface area contributed by atoms with E-state index in [0.717, 1.165) is 22.4 Å². The Hall–Kier alpha value is -4.09. The first-order chi connectivity index (χ1) is 16.0. The number of hydrogen-bond acceptors (Lipinski definition) is 2. The fraction of sp³-hybridized carbons (Fsp3) is 0.129. The second-order valence-electron chi connectivity index (χ2n) is 9.06. The number of rotatable bonds is 2. The molecule has 5 rings (SSSR count). The van der Waals surface area contributed by atoms with E-state index < -0.39 is 0 Å². The summed E-state index contributed by atoms with van der Waals surface area (Å²) in [6.07, 6.45) is 0. The SMILES string of the molecule is CC(C)(C)Oc1cccc(-c2ccccc2C#Cc2cc3ccccc3c3ccccc23)n1. The summed E-state index contributed by atoms with van der Waals surface area (Å²) < 4.78 is 5.97. The van der Waals surface area contributed by atoms with Crippen LogP contribution in [0.2, 0.25) is 0 Å². The fourth-order valence-electron chi connectivity index (χ4n) is 4.04. The predicted molar refractivity (Wildman–Crippen MR) is 137 cm³/mol. The summed E-state index contributed by atoms with van der Waals surface area (Å²) >= 11 is 0. The number of nitrogens with zero attached hydrogens (tertiary/aromatic N) is 1. The van der Waals surface area contributed by atoms with Crippen LogP contribution in [0, 0.1) is 11.8 Å². The van der Waals surface area contributed by atoms with Crippen LogP contribution in [0.25, 0.3) is 32.8 Å². The quantitative estimate of drug-likeness (QED) is 0.213. The van der Waals surface area contributed by atoms with Crippen LogP contribution in [0.4, 0.5) is 0 Å². The molecule has 0 amide bonds. The minimum atomic E-state index is -0.303. The van der Waals surface area contributed by atoms with Gasteiger partial charge in [0.15, 0.2) is 0 Å². The van der Waals surface area contributed by atoms with Crippen LogP contribution in [0.3, 0.4) is 0 Å². The highest BCUT2D eigenvalue weighted by Crippen LogP contribution is 2.29. The normalized spacial score (nSPS) is 11.2. The van der Waals surface area contributed by atoms with Gasteiger partial charge in [-0.2, -0.15) is 0 Å². The first-order valence-electron chi connectivity index (χ1n) is 11.2. The van der Waals surface area contributed by atoms with Crippen LogP contribution in [-0.2, 0) is 0 Å². The first-order valence-corrected chi connectivity index (χ1v) is 11.2. The molecule has 0 N–H and O–H groups in total. The van der Waals surface area contributed by atoms with E-state index in [1.165, 1.54) is 21.5 Å². The number of ether oxygens (including phenoxy) is 1. The number of hydrogen-bond donors (Lipinski definition) is 0. The van der Waals surface area contributed by atoms with E-state index in [9.17, 15) is 0 Å². The summed E-state index contributed by atoms with van der Waals surface area (Å²) in [6.45, 7) is 6.07. The second-order valence-corrected chi connectivity index (χ2v) is 9.06. The Bertz CT molecular complexity index is 1530. The standard InChI is InChI=1S/C31H25NO/c1-31(2,3)33-30-18-10-17-29(32-30)27-15-7-4-11-22(27)19-20-24-21-23-12-5-6-13-25(23)28-16-9-8-14-26(24)28/h4-18,21H,1-3H3. The van der Waals surface area contributed by atoms with Crippen molar-refractivity contribution in [2.45, 2.75) is 26.4 Å². The average Bonchev–Trinajstić information content (AvgIpc) is 2.82. The minimum absolute atomic E-state index is 0.303. The maximum absolute atomic E-state index is 5.97. The molecular formula is C31H25NO. The maximum atomic E-state index is 5.97. The van der Waals surface area contributed by atoms with Gasteiger partial charge in [-0.1, -0.05) is 84.6 Å². The molecule has 1 heterocycles. The zero-order valence-corrected chi connectivity index (χ0v) is 19.1. The molecule has 0 saturated heterocycles. The molecule has 0 bridgehead atoms. The molecule has 0 radical (unpaired) electrons. The summed E-state index contributed by atoms with van der Waals surface area (Å²) in [6, 6.07) is 33.1. The second kappa shape index (κ2) is 8.45. The third kappa shape index (κ3) is 4.45. The van der Waals surface area contributed by atoms with E-state index in [-0.39, 0.29) is 5.60 Å². The van der Waals surface area contributed by atoms with Gasteiger partial charge < -0.3 is 4.74 Å². The van der Waals surface area contributed by atoms with Gasteiger partial charge in [-0.25, -0.2) is 4.98 Å². The molecule has 0 unspecified atom stereocenters. The van der Waals surface area contributed by atoms with Crippen molar-refractivity contribution in [3.8, 4) is 29.0 Å². The van der Waals surface area contributed by atoms with Gasteiger partial charge in [0.05, 0.1) is 5.69 Å². The summed E-state index contributed by atoms with van der Waals surface area (Å²) in [5.41, 5.74) is 3.51. The number of fused-ring (bicyclic) bond motifs is 3. The van der Waals surface area contributed by atoms with Crippen molar-refractivity contribution < 1.29 is 4.74 Å². The average molecular weight is 428 g/mol. The minimum Gasteiger partial charge on any atom is -0.472 e. The van der Waals surface area contributed by atoms with E-state index in [1.807, 2.05) is 57.2 Å². The summed E-state index contributed by atoms with van der Waals surface area (Å²) in [4.78, 5) is 4.74. The van der Waals surface area contributed by atoms with Gasteiger partial charge >= 0.3 is 0 Å². The Balaban J connectivity index is 1.61. The van der Waals surface area contributed by atoms with Gasteiger partial charge in [0.1, 0.15) is 5.60 Å². The van der Waals surface area contributed by atoms with Crippen molar-refractivity contribution in [3.05, 3.63) is 108 Å². The highest BCUT2D eigenvalue weighted by molar-refractivity contribution is 6.09. The van der Waals surface area contributed by atoms with Crippen molar-refractivity contribution in [3.63, 3.8) is 0 Å². The summed E-state index contributed by atoms with van der Waals surface area (Å²) in [7, 11) is 0. The lowest BCUT2D eigenvalue weighted by molar-refractivity contribution is 0.124. The summed E-state index contributed by atoms with van der Waals surface area (Å²) in [5.74, 6) is 7.49. The molecule has 1 aromatic heterocycles. The van der Waals surface area contributed by atoms with Gasteiger partial charge in [-0.05, 0) is 60.5 Å². The van der Waals surface area contributed by atoms with Crippen LogP contribution in [-0.4, -0.2) is 10.6 Å². The van der Waals surface area contributed by atoms with Gasteiger partial charge in [-0.15, -0.1) is 0 Å². The zero-order valence-electron chi connectivity index (χ0n) is 19.1.